The van der Waals surface area contributed by atoms with Crippen molar-refractivity contribution >= 4 is 0 Å². The van der Waals surface area contributed by atoms with Gasteiger partial charge in [0.25, 0.3) is 0 Å². The summed E-state index contributed by atoms with van der Waals surface area (Å²) in [5.41, 5.74) is -0.111. The zero-order valence-electron chi connectivity index (χ0n) is 10.4. The summed E-state index contributed by atoms with van der Waals surface area (Å²) in [7, 11) is 1.84. The molecule has 1 aromatic carbocycles. The Bertz CT molecular complexity index is 369. The minimum Gasteiger partial charge on any atom is -0.320 e. The second kappa shape index (κ2) is 5.08. The average molecular weight is 245 g/mol. The van der Waals surface area contributed by atoms with Gasteiger partial charge in [-0.2, -0.15) is 13.2 Å². The van der Waals surface area contributed by atoms with Gasteiger partial charge in [-0.1, -0.05) is 32.0 Å². The zero-order valence-corrected chi connectivity index (χ0v) is 10.4. The lowest BCUT2D eigenvalue weighted by molar-refractivity contribution is -0.137. The number of rotatable bonds is 4. The maximum atomic E-state index is 12.6. The van der Waals surface area contributed by atoms with E-state index in [4.69, 9.17) is 0 Å². The third-order valence-electron chi connectivity index (χ3n) is 2.97. The van der Waals surface area contributed by atoms with Gasteiger partial charge < -0.3 is 5.32 Å². The second-order valence-electron chi connectivity index (χ2n) is 4.82. The summed E-state index contributed by atoms with van der Waals surface area (Å²) in [6, 6.07) is 5.58. The molecule has 0 saturated carbocycles. The fourth-order valence-corrected chi connectivity index (χ4v) is 1.70. The monoisotopic (exact) mass is 245 g/mol. The molecule has 0 atom stereocenters. The van der Waals surface area contributed by atoms with E-state index in [0.717, 1.165) is 24.6 Å². The fourth-order valence-electron chi connectivity index (χ4n) is 1.70. The van der Waals surface area contributed by atoms with Crippen LogP contribution in [-0.4, -0.2) is 13.6 Å². The molecule has 0 heterocycles. The molecule has 1 rings (SSSR count). The summed E-state index contributed by atoms with van der Waals surface area (Å²) in [6.07, 6.45) is -3.47. The second-order valence-corrected chi connectivity index (χ2v) is 4.82. The van der Waals surface area contributed by atoms with Gasteiger partial charge in [0.2, 0.25) is 0 Å². The Balaban J connectivity index is 2.98. The van der Waals surface area contributed by atoms with Crippen molar-refractivity contribution < 1.29 is 13.2 Å². The predicted octanol–water partition coefficient (Wildman–Crippen LogP) is 3.59. The molecule has 17 heavy (non-hydrogen) atoms. The molecule has 0 unspecified atom stereocenters. The minimum absolute atomic E-state index is 0.260. The Labute approximate surface area is 100 Å². The van der Waals surface area contributed by atoms with Crippen molar-refractivity contribution in [3.05, 3.63) is 35.4 Å². The van der Waals surface area contributed by atoms with Crippen LogP contribution >= 0.6 is 0 Å². The largest absolute Gasteiger partial charge is 0.416 e. The molecule has 0 aromatic heterocycles. The highest BCUT2D eigenvalue weighted by Gasteiger charge is 2.31. The normalized spacial score (nSPS) is 12.8. The standard InChI is InChI=1S/C13H18F3N/c1-12(2,7-8-17-3)10-5-4-6-11(9-10)13(14,15)16/h4-6,9,17H,7-8H2,1-3H3. The van der Waals surface area contributed by atoms with Gasteiger partial charge in [-0.25, -0.2) is 0 Å². The number of hydrogen-bond donors (Lipinski definition) is 1. The van der Waals surface area contributed by atoms with Gasteiger partial charge in [0.05, 0.1) is 5.56 Å². The van der Waals surface area contributed by atoms with Crippen molar-refractivity contribution in [1.82, 2.24) is 5.32 Å². The maximum absolute atomic E-state index is 12.6. The molecule has 0 fully saturated rings. The Morgan fingerprint density at radius 1 is 1.12 bits per heavy atom. The highest BCUT2D eigenvalue weighted by molar-refractivity contribution is 5.30. The molecule has 0 bridgehead atoms. The van der Waals surface area contributed by atoms with Crippen LogP contribution in [0.5, 0.6) is 0 Å². The van der Waals surface area contributed by atoms with E-state index in [9.17, 15) is 13.2 Å². The van der Waals surface area contributed by atoms with Crippen LogP contribution in [0.3, 0.4) is 0 Å². The van der Waals surface area contributed by atoms with Gasteiger partial charge in [-0.05, 0) is 37.1 Å². The smallest absolute Gasteiger partial charge is 0.320 e. The van der Waals surface area contributed by atoms with Crippen LogP contribution in [0.2, 0.25) is 0 Å². The van der Waals surface area contributed by atoms with Gasteiger partial charge in [0, 0.05) is 0 Å². The summed E-state index contributed by atoms with van der Waals surface area (Å²) in [5.74, 6) is 0. The first-order chi connectivity index (χ1) is 7.77. The molecular formula is C13H18F3N. The molecule has 1 nitrogen and oxygen atoms in total. The summed E-state index contributed by atoms with van der Waals surface area (Å²) < 4.78 is 37.8. The highest BCUT2D eigenvalue weighted by Crippen LogP contribution is 2.33. The molecule has 4 heteroatoms. The van der Waals surface area contributed by atoms with Crippen LogP contribution in [0, 0.1) is 0 Å². The van der Waals surface area contributed by atoms with E-state index in [1.165, 1.54) is 12.1 Å². The van der Waals surface area contributed by atoms with Gasteiger partial charge in [0.15, 0.2) is 0 Å². The molecule has 0 aliphatic carbocycles. The van der Waals surface area contributed by atoms with E-state index in [1.807, 2.05) is 20.9 Å². The zero-order chi connectivity index (χ0) is 13.1. The quantitative estimate of drug-likeness (QED) is 0.854. The SMILES string of the molecule is CNCCC(C)(C)c1cccc(C(F)(F)F)c1. The van der Waals surface area contributed by atoms with Crippen molar-refractivity contribution in [3.8, 4) is 0 Å². The topological polar surface area (TPSA) is 12.0 Å². The van der Waals surface area contributed by atoms with Crippen LogP contribution in [0.15, 0.2) is 24.3 Å². The number of benzene rings is 1. The number of alkyl halides is 3. The van der Waals surface area contributed by atoms with Crippen molar-refractivity contribution in [3.63, 3.8) is 0 Å². The molecule has 0 radical (unpaired) electrons. The molecule has 0 aliphatic heterocycles. The van der Waals surface area contributed by atoms with Crippen LogP contribution < -0.4 is 5.32 Å². The van der Waals surface area contributed by atoms with Crippen LogP contribution in [0.4, 0.5) is 13.2 Å². The Kier molecular flexibility index (Phi) is 4.20. The van der Waals surface area contributed by atoms with E-state index < -0.39 is 11.7 Å². The molecule has 96 valence electrons. The lowest BCUT2D eigenvalue weighted by Crippen LogP contribution is -2.24. The van der Waals surface area contributed by atoms with E-state index >= 15 is 0 Å². The summed E-state index contributed by atoms with van der Waals surface area (Å²) in [4.78, 5) is 0. The van der Waals surface area contributed by atoms with Gasteiger partial charge in [-0.3, -0.25) is 0 Å². The third kappa shape index (κ3) is 3.73. The molecule has 0 amide bonds. The molecule has 1 aromatic rings. The lowest BCUT2D eigenvalue weighted by Gasteiger charge is -2.26. The Morgan fingerprint density at radius 2 is 1.71 bits per heavy atom. The fraction of sp³-hybridized carbons (Fsp3) is 0.538. The van der Waals surface area contributed by atoms with E-state index in [-0.39, 0.29) is 5.41 Å². The first kappa shape index (κ1) is 14.0. The van der Waals surface area contributed by atoms with Crippen molar-refractivity contribution in [2.24, 2.45) is 0 Å². The number of halogens is 3. The molecule has 0 saturated heterocycles. The third-order valence-corrected chi connectivity index (χ3v) is 2.97. The Hall–Kier alpha value is -1.03. The van der Waals surface area contributed by atoms with Crippen molar-refractivity contribution in [2.45, 2.75) is 31.9 Å². The highest BCUT2D eigenvalue weighted by atomic mass is 19.4. The molecular weight excluding hydrogens is 227 g/mol. The lowest BCUT2D eigenvalue weighted by atomic mass is 9.81. The Morgan fingerprint density at radius 3 is 2.24 bits per heavy atom. The van der Waals surface area contributed by atoms with Gasteiger partial charge >= 0.3 is 6.18 Å². The molecule has 0 aliphatic rings. The summed E-state index contributed by atoms with van der Waals surface area (Å²) in [6.45, 7) is 4.70. The summed E-state index contributed by atoms with van der Waals surface area (Å²) in [5, 5.41) is 3.02. The molecule has 1 N–H and O–H groups in total. The minimum atomic E-state index is -4.27. The van der Waals surface area contributed by atoms with E-state index in [2.05, 4.69) is 5.32 Å². The van der Waals surface area contributed by atoms with E-state index in [0.29, 0.717) is 0 Å². The van der Waals surface area contributed by atoms with Crippen LogP contribution in [0.1, 0.15) is 31.4 Å². The van der Waals surface area contributed by atoms with Gasteiger partial charge in [-0.15, -0.1) is 0 Å². The van der Waals surface area contributed by atoms with Crippen LogP contribution in [-0.2, 0) is 11.6 Å². The van der Waals surface area contributed by atoms with Crippen molar-refractivity contribution in [1.29, 1.82) is 0 Å². The average Bonchev–Trinajstić information content (AvgIpc) is 2.25. The van der Waals surface area contributed by atoms with Gasteiger partial charge in [0.1, 0.15) is 0 Å². The first-order valence-corrected chi connectivity index (χ1v) is 5.60. The molecule has 0 spiro atoms. The summed E-state index contributed by atoms with van der Waals surface area (Å²) >= 11 is 0. The predicted molar refractivity (Wildman–Crippen MR) is 63.0 cm³/mol. The van der Waals surface area contributed by atoms with Crippen molar-refractivity contribution in [2.75, 3.05) is 13.6 Å². The van der Waals surface area contributed by atoms with E-state index in [1.54, 1.807) is 6.07 Å². The maximum Gasteiger partial charge on any atom is 0.416 e. The number of hydrogen-bond acceptors (Lipinski definition) is 1. The number of nitrogens with one attached hydrogen (secondary N) is 1. The first-order valence-electron chi connectivity index (χ1n) is 5.60. The van der Waals surface area contributed by atoms with Crippen LogP contribution in [0.25, 0.3) is 0 Å².